The number of fused-ring (bicyclic) bond motifs is 3. The molecule has 2 aliphatic rings. The highest BCUT2D eigenvalue weighted by atomic mass is 14.4. The summed E-state index contributed by atoms with van der Waals surface area (Å²) in [6.45, 7) is 6.82. The Hall–Kier alpha value is -1.82. The van der Waals surface area contributed by atoms with Crippen molar-refractivity contribution in [2.24, 2.45) is 0 Å². The van der Waals surface area contributed by atoms with Crippen LogP contribution in [0.15, 0.2) is 36.4 Å². The molecule has 19 heavy (non-hydrogen) atoms. The molecular weight excluding hydrogens is 228 g/mol. The van der Waals surface area contributed by atoms with E-state index in [0.29, 0.717) is 0 Å². The first-order valence-electron chi connectivity index (χ1n) is 7.03. The fourth-order valence-electron chi connectivity index (χ4n) is 3.87. The van der Waals surface area contributed by atoms with E-state index in [2.05, 4.69) is 63.3 Å². The molecule has 0 heteroatoms. The second-order valence-electron chi connectivity index (χ2n) is 6.21. The molecule has 0 aromatic heterocycles. The van der Waals surface area contributed by atoms with Crippen molar-refractivity contribution in [3.63, 3.8) is 0 Å². The standard InChI is InChI=1S/C19H18/c1-12-6-8-15-16-9-7-13(2)14-5-4-10-19(3,18(14)16)17(15)11-12/h4-9,11H,10H2,1-3H3. The van der Waals surface area contributed by atoms with Crippen LogP contribution in [0.1, 0.15) is 41.2 Å². The normalized spacial score (nSPS) is 22.3. The number of rotatable bonds is 0. The molecule has 94 valence electrons. The SMILES string of the molecule is Cc1ccc2c(c1)C1(C)CC=Cc3c(C)ccc-2c31. The van der Waals surface area contributed by atoms with E-state index < -0.39 is 0 Å². The summed E-state index contributed by atoms with van der Waals surface area (Å²) in [4.78, 5) is 0. The molecule has 0 spiro atoms. The van der Waals surface area contributed by atoms with Crippen LogP contribution in [-0.4, -0.2) is 0 Å². The summed E-state index contributed by atoms with van der Waals surface area (Å²) in [7, 11) is 0. The van der Waals surface area contributed by atoms with Gasteiger partial charge in [0.05, 0.1) is 0 Å². The van der Waals surface area contributed by atoms with E-state index in [4.69, 9.17) is 0 Å². The third-order valence-electron chi connectivity index (χ3n) is 4.89. The smallest absolute Gasteiger partial charge is 0.0227 e. The minimum Gasteiger partial charge on any atom is -0.0827 e. The monoisotopic (exact) mass is 246 g/mol. The van der Waals surface area contributed by atoms with Gasteiger partial charge in [0.1, 0.15) is 0 Å². The Morgan fingerprint density at radius 3 is 2.63 bits per heavy atom. The minimum atomic E-state index is 0.173. The summed E-state index contributed by atoms with van der Waals surface area (Å²) in [5.74, 6) is 0. The molecule has 4 rings (SSSR count). The van der Waals surface area contributed by atoms with Gasteiger partial charge in [-0.15, -0.1) is 0 Å². The predicted octanol–water partition coefficient (Wildman–Crippen LogP) is 5.01. The maximum absolute atomic E-state index is 2.41. The topological polar surface area (TPSA) is 0 Å². The number of hydrogen-bond acceptors (Lipinski definition) is 0. The lowest BCUT2D eigenvalue weighted by Gasteiger charge is -2.31. The van der Waals surface area contributed by atoms with Crippen LogP contribution >= 0.6 is 0 Å². The highest BCUT2D eigenvalue weighted by molar-refractivity contribution is 5.87. The van der Waals surface area contributed by atoms with Crippen LogP contribution in [0.5, 0.6) is 0 Å². The van der Waals surface area contributed by atoms with Gasteiger partial charge in [0.2, 0.25) is 0 Å². The van der Waals surface area contributed by atoms with Crippen LogP contribution in [-0.2, 0) is 5.41 Å². The molecule has 1 atom stereocenters. The van der Waals surface area contributed by atoms with Crippen molar-refractivity contribution >= 4 is 6.08 Å². The Balaban J connectivity index is 2.16. The zero-order chi connectivity index (χ0) is 13.2. The van der Waals surface area contributed by atoms with Crippen LogP contribution in [0.4, 0.5) is 0 Å². The molecule has 0 saturated heterocycles. The second kappa shape index (κ2) is 3.39. The Bertz CT molecular complexity index is 734. The summed E-state index contributed by atoms with van der Waals surface area (Å²) in [6.07, 6.45) is 5.78. The van der Waals surface area contributed by atoms with Crippen LogP contribution < -0.4 is 0 Å². The van der Waals surface area contributed by atoms with Crippen molar-refractivity contribution in [3.8, 4) is 11.1 Å². The van der Waals surface area contributed by atoms with Crippen molar-refractivity contribution in [1.82, 2.24) is 0 Å². The molecule has 0 amide bonds. The predicted molar refractivity (Wildman–Crippen MR) is 81.5 cm³/mol. The molecule has 0 fully saturated rings. The van der Waals surface area contributed by atoms with E-state index in [9.17, 15) is 0 Å². The van der Waals surface area contributed by atoms with Gasteiger partial charge >= 0.3 is 0 Å². The zero-order valence-corrected chi connectivity index (χ0v) is 11.7. The van der Waals surface area contributed by atoms with Gasteiger partial charge in [0.25, 0.3) is 0 Å². The van der Waals surface area contributed by atoms with Gasteiger partial charge in [-0.1, -0.05) is 55.0 Å². The Morgan fingerprint density at radius 1 is 1.00 bits per heavy atom. The van der Waals surface area contributed by atoms with Gasteiger partial charge in [-0.05, 0) is 53.6 Å². The Labute approximate surface area is 114 Å². The molecule has 0 bridgehead atoms. The van der Waals surface area contributed by atoms with Crippen LogP contribution in [0, 0.1) is 13.8 Å². The summed E-state index contributed by atoms with van der Waals surface area (Å²) in [5, 5.41) is 0. The van der Waals surface area contributed by atoms with Gasteiger partial charge in [-0.25, -0.2) is 0 Å². The molecule has 0 heterocycles. The van der Waals surface area contributed by atoms with Crippen molar-refractivity contribution < 1.29 is 0 Å². The number of allylic oxidation sites excluding steroid dienone is 1. The van der Waals surface area contributed by atoms with Crippen molar-refractivity contribution in [3.05, 3.63) is 64.2 Å². The molecule has 0 nitrogen and oxygen atoms in total. The summed E-state index contributed by atoms with van der Waals surface area (Å²) >= 11 is 0. The van der Waals surface area contributed by atoms with Crippen LogP contribution in [0.2, 0.25) is 0 Å². The lowest BCUT2D eigenvalue weighted by atomic mass is 9.72. The van der Waals surface area contributed by atoms with E-state index in [1.54, 1.807) is 5.56 Å². The number of aryl methyl sites for hydroxylation is 2. The van der Waals surface area contributed by atoms with Gasteiger partial charge in [0.15, 0.2) is 0 Å². The fourth-order valence-corrected chi connectivity index (χ4v) is 3.87. The largest absolute Gasteiger partial charge is 0.0827 e. The summed E-state index contributed by atoms with van der Waals surface area (Å²) in [5.41, 5.74) is 10.3. The highest BCUT2D eigenvalue weighted by Crippen LogP contribution is 2.54. The van der Waals surface area contributed by atoms with Gasteiger partial charge in [-0.2, -0.15) is 0 Å². The minimum absolute atomic E-state index is 0.173. The van der Waals surface area contributed by atoms with Gasteiger partial charge in [0, 0.05) is 5.41 Å². The first-order valence-corrected chi connectivity index (χ1v) is 7.03. The van der Waals surface area contributed by atoms with E-state index in [-0.39, 0.29) is 5.41 Å². The number of benzene rings is 2. The molecule has 0 aliphatic heterocycles. The van der Waals surface area contributed by atoms with E-state index >= 15 is 0 Å². The van der Waals surface area contributed by atoms with Crippen molar-refractivity contribution in [2.45, 2.75) is 32.6 Å². The zero-order valence-electron chi connectivity index (χ0n) is 11.7. The lowest BCUT2D eigenvalue weighted by molar-refractivity contribution is 0.590. The molecule has 1 unspecified atom stereocenters. The quantitative estimate of drug-likeness (QED) is 0.613. The molecule has 2 aromatic rings. The highest BCUT2D eigenvalue weighted by Gasteiger charge is 2.41. The molecule has 2 aliphatic carbocycles. The Morgan fingerprint density at radius 2 is 1.79 bits per heavy atom. The Kier molecular flexibility index (Phi) is 1.97. The second-order valence-corrected chi connectivity index (χ2v) is 6.21. The third kappa shape index (κ3) is 1.24. The summed E-state index contributed by atoms with van der Waals surface area (Å²) in [6, 6.07) is 11.5. The van der Waals surface area contributed by atoms with Crippen molar-refractivity contribution in [1.29, 1.82) is 0 Å². The summed E-state index contributed by atoms with van der Waals surface area (Å²) < 4.78 is 0. The maximum Gasteiger partial charge on any atom is 0.0227 e. The average Bonchev–Trinajstić information content (AvgIpc) is 2.64. The molecule has 0 radical (unpaired) electrons. The van der Waals surface area contributed by atoms with E-state index in [0.717, 1.165) is 6.42 Å². The first-order chi connectivity index (χ1) is 9.11. The van der Waals surface area contributed by atoms with E-state index in [1.165, 1.54) is 33.4 Å². The van der Waals surface area contributed by atoms with Gasteiger partial charge in [-0.3, -0.25) is 0 Å². The van der Waals surface area contributed by atoms with Crippen LogP contribution in [0.25, 0.3) is 17.2 Å². The lowest BCUT2D eigenvalue weighted by Crippen LogP contribution is -2.23. The van der Waals surface area contributed by atoms with Crippen LogP contribution in [0.3, 0.4) is 0 Å². The van der Waals surface area contributed by atoms with E-state index in [1.807, 2.05) is 0 Å². The first kappa shape index (κ1) is 11.0. The number of hydrogen-bond donors (Lipinski definition) is 0. The third-order valence-corrected chi connectivity index (χ3v) is 4.89. The van der Waals surface area contributed by atoms with Crippen molar-refractivity contribution in [2.75, 3.05) is 0 Å². The maximum atomic E-state index is 2.41. The molecule has 0 saturated carbocycles. The molecule has 0 N–H and O–H groups in total. The average molecular weight is 246 g/mol. The fraction of sp³-hybridized carbons (Fsp3) is 0.263. The molecule has 2 aromatic carbocycles. The molecular formula is C19H18. The van der Waals surface area contributed by atoms with Gasteiger partial charge < -0.3 is 0 Å².